The lowest BCUT2D eigenvalue weighted by Crippen LogP contribution is -2.32. The summed E-state index contributed by atoms with van der Waals surface area (Å²) in [5, 5.41) is 1.46. The van der Waals surface area contributed by atoms with Crippen LogP contribution >= 0.6 is 31.9 Å². The zero-order chi connectivity index (χ0) is 13.0. The van der Waals surface area contributed by atoms with Crippen LogP contribution < -0.4 is 0 Å². The molecule has 0 amide bonds. The second kappa shape index (κ2) is 6.02. The van der Waals surface area contributed by atoms with Crippen LogP contribution in [0.2, 0.25) is 0 Å². The SMILES string of the molecule is Fc1cccc(C(CBr)(CBr)Cc2ccco2)c1. The molecule has 2 aromatic rings. The largest absolute Gasteiger partial charge is 0.469 e. The molecule has 1 aromatic heterocycles. The fourth-order valence-electron chi connectivity index (χ4n) is 1.95. The van der Waals surface area contributed by atoms with Crippen molar-refractivity contribution in [2.45, 2.75) is 11.8 Å². The average Bonchev–Trinajstić information content (AvgIpc) is 2.89. The Morgan fingerprint density at radius 2 is 1.89 bits per heavy atom. The number of hydrogen-bond acceptors (Lipinski definition) is 1. The molecule has 0 fully saturated rings. The van der Waals surface area contributed by atoms with Crippen molar-refractivity contribution in [3.05, 3.63) is 59.8 Å². The van der Waals surface area contributed by atoms with E-state index in [4.69, 9.17) is 4.42 Å². The molecule has 0 saturated heterocycles. The maximum Gasteiger partial charge on any atom is 0.123 e. The number of alkyl halides is 2. The van der Waals surface area contributed by atoms with E-state index in [1.165, 1.54) is 6.07 Å². The normalized spacial score (nSPS) is 11.7. The van der Waals surface area contributed by atoms with Gasteiger partial charge in [-0.1, -0.05) is 44.0 Å². The fourth-order valence-corrected chi connectivity index (χ4v) is 3.92. The molecule has 0 saturated carbocycles. The van der Waals surface area contributed by atoms with Crippen LogP contribution in [-0.4, -0.2) is 10.7 Å². The van der Waals surface area contributed by atoms with Gasteiger partial charge in [0.15, 0.2) is 0 Å². The molecular weight excluding hydrogens is 363 g/mol. The van der Waals surface area contributed by atoms with Gasteiger partial charge in [-0.2, -0.15) is 0 Å². The van der Waals surface area contributed by atoms with Crippen molar-refractivity contribution >= 4 is 31.9 Å². The molecule has 2 rings (SSSR count). The van der Waals surface area contributed by atoms with E-state index in [1.54, 1.807) is 18.4 Å². The summed E-state index contributed by atoms with van der Waals surface area (Å²) in [5.74, 6) is 0.691. The quantitative estimate of drug-likeness (QED) is 0.691. The molecule has 1 heterocycles. The Labute approximate surface area is 123 Å². The maximum absolute atomic E-state index is 13.4. The molecule has 4 heteroatoms. The Hall–Kier alpha value is -0.610. The van der Waals surface area contributed by atoms with E-state index in [1.807, 2.05) is 18.2 Å². The van der Waals surface area contributed by atoms with Crippen LogP contribution in [0.1, 0.15) is 11.3 Å². The summed E-state index contributed by atoms with van der Waals surface area (Å²) in [6.45, 7) is 0. The highest BCUT2D eigenvalue weighted by atomic mass is 79.9. The fraction of sp³-hybridized carbons (Fsp3) is 0.286. The standard InChI is InChI=1S/C14H13Br2FO/c15-9-14(10-16,8-13-5-2-6-18-13)11-3-1-4-12(17)7-11/h1-7H,8-10H2. The first kappa shape index (κ1) is 13.8. The van der Waals surface area contributed by atoms with Gasteiger partial charge >= 0.3 is 0 Å². The molecule has 0 aliphatic rings. The van der Waals surface area contributed by atoms with Crippen LogP contribution in [0.3, 0.4) is 0 Å². The third-order valence-electron chi connectivity index (χ3n) is 3.04. The molecule has 0 bridgehead atoms. The van der Waals surface area contributed by atoms with Crippen molar-refractivity contribution in [1.29, 1.82) is 0 Å². The highest BCUT2D eigenvalue weighted by Gasteiger charge is 2.31. The monoisotopic (exact) mass is 374 g/mol. The molecule has 0 aliphatic carbocycles. The lowest BCUT2D eigenvalue weighted by atomic mass is 9.80. The first-order chi connectivity index (χ1) is 8.70. The van der Waals surface area contributed by atoms with Crippen molar-refractivity contribution in [1.82, 2.24) is 0 Å². The van der Waals surface area contributed by atoms with E-state index in [0.29, 0.717) is 0 Å². The van der Waals surface area contributed by atoms with Crippen molar-refractivity contribution in [2.24, 2.45) is 0 Å². The van der Waals surface area contributed by atoms with Gasteiger partial charge in [0, 0.05) is 22.5 Å². The molecule has 0 unspecified atom stereocenters. The van der Waals surface area contributed by atoms with Crippen molar-refractivity contribution in [3.8, 4) is 0 Å². The van der Waals surface area contributed by atoms with Gasteiger partial charge in [-0.15, -0.1) is 0 Å². The van der Waals surface area contributed by atoms with Crippen LogP contribution in [0.15, 0.2) is 47.1 Å². The molecule has 18 heavy (non-hydrogen) atoms. The minimum Gasteiger partial charge on any atom is -0.469 e. The van der Waals surface area contributed by atoms with Gasteiger partial charge in [0.2, 0.25) is 0 Å². The van der Waals surface area contributed by atoms with Crippen LogP contribution in [0.25, 0.3) is 0 Å². The Kier molecular flexibility index (Phi) is 4.62. The first-order valence-electron chi connectivity index (χ1n) is 5.60. The van der Waals surface area contributed by atoms with Crippen LogP contribution in [-0.2, 0) is 11.8 Å². The molecule has 1 nitrogen and oxygen atoms in total. The maximum atomic E-state index is 13.4. The Bertz CT molecular complexity index is 492. The summed E-state index contributed by atoms with van der Waals surface area (Å²) in [4.78, 5) is 0. The molecule has 0 N–H and O–H groups in total. The summed E-state index contributed by atoms with van der Waals surface area (Å²) in [6, 6.07) is 10.6. The van der Waals surface area contributed by atoms with Crippen molar-refractivity contribution < 1.29 is 8.81 Å². The lowest BCUT2D eigenvalue weighted by molar-refractivity contribution is 0.442. The number of furan rings is 1. The van der Waals surface area contributed by atoms with E-state index in [2.05, 4.69) is 31.9 Å². The molecule has 1 aromatic carbocycles. The van der Waals surface area contributed by atoms with Gasteiger partial charge in [0.25, 0.3) is 0 Å². The lowest BCUT2D eigenvalue weighted by Gasteiger charge is -2.29. The van der Waals surface area contributed by atoms with Gasteiger partial charge in [0.1, 0.15) is 11.6 Å². The minimum atomic E-state index is -0.210. The molecular formula is C14H13Br2FO. The van der Waals surface area contributed by atoms with Crippen molar-refractivity contribution in [3.63, 3.8) is 0 Å². The molecule has 0 spiro atoms. The highest BCUT2D eigenvalue weighted by molar-refractivity contribution is 9.09. The highest BCUT2D eigenvalue weighted by Crippen LogP contribution is 2.33. The minimum absolute atomic E-state index is 0.208. The van der Waals surface area contributed by atoms with Gasteiger partial charge in [-0.25, -0.2) is 4.39 Å². The van der Waals surface area contributed by atoms with Gasteiger partial charge in [-0.3, -0.25) is 0 Å². The second-order valence-electron chi connectivity index (χ2n) is 4.31. The summed E-state index contributed by atoms with van der Waals surface area (Å²) in [6.07, 6.45) is 2.38. The van der Waals surface area contributed by atoms with E-state index in [0.717, 1.165) is 28.4 Å². The van der Waals surface area contributed by atoms with Gasteiger partial charge in [0.05, 0.1) is 6.26 Å². The van der Waals surface area contributed by atoms with E-state index < -0.39 is 0 Å². The zero-order valence-electron chi connectivity index (χ0n) is 9.70. The first-order valence-corrected chi connectivity index (χ1v) is 7.85. The van der Waals surface area contributed by atoms with Gasteiger partial charge < -0.3 is 4.42 Å². The van der Waals surface area contributed by atoms with Crippen molar-refractivity contribution in [2.75, 3.05) is 10.7 Å². The predicted molar refractivity (Wildman–Crippen MR) is 78.1 cm³/mol. The molecule has 96 valence electrons. The van der Waals surface area contributed by atoms with E-state index >= 15 is 0 Å². The summed E-state index contributed by atoms with van der Waals surface area (Å²) < 4.78 is 18.8. The summed E-state index contributed by atoms with van der Waals surface area (Å²) >= 11 is 7.09. The van der Waals surface area contributed by atoms with Crippen LogP contribution in [0.4, 0.5) is 4.39 Å². The zero-order valence-corrected chi connectivity index (χ0v) is 12.9. The van der Waals surface area contributed by atoms with E-state index in [9.17, 15) is 4.39 Å². The predicted octanol–water partition coefficient (Wildman–Crippen LogP) is 4.69. The van der Waals surface area contributed by atoms with Gasteiger partial charge in [-0.05, 0) is 29.8 Å². The Morgan fingerprint density at radius 3 is 2.44 bits per heavy atom. The second-order valence-corrected chi connectivity index (χ2v) is 5.44. The molecule has 0 atom stereocenters. The number of hydrogen-bond donors (Lipinski definition) is 0. The topological polar surface area (TPSA) is 13.1 Å². The third-order valence-corrected chi connectivity index (χ3v) is 5.19. The van der Waals surface area contributed by atoms with E-state index in [-0.39, 0.29) is 11.2 Å². The van der Waals surface area contributed by atoms with Crippen LogP contribution in [0.5, 0.6) is 0 Å². The number of halogens is 3. The number of rotatable bonds is 5. The molecule has 0 aliphatic heterocycles. The number of benzene rings is 1. The third kappa shape index (κ3) is 2.86. The Balaban J connectivity index is 2.37. The molecule has 0 radical (unpaired) electrons. The average molecular weight is 376 g/mol. The smallest absolute Gasteiger partial charge is 0.123 e. The summed E-state index contributed by atoms with van der Waals surface area (Å²) in [7, 11) is 0. The van der Waals surface area contributed by atoms with Crippen LogP contribution in [0, 0.1) is 5.82 Å². The summed E-state index contributed by atoms with van der Waals surface area (Å²) in [5.41, 5.74) is 0.757. The Morgan fingerprint density at radius 1 is 1.11 bits per heavy atom.